The first kappa shape index (κ1) is 16.0. The molecule has 2 rings (SSSR count). The molecule has 1 aromatic heterocycles. The topological polar surface area (TPSA) is 48.1 Å². The summed E-state index contributed by atoms with van der Waals surface area (Å²) in [6, 6.07) is 4.18. The van der Waals surface area contributed by atoms with Crippen LogP contribution in [0.4, 0.5) is 0 Å². The molecule has 0 aliphatic rings. The normalized spacial score (nSPS) is 11.7. The highest BCUT2D eigenvalue weighted by molar-refractivity contribution is 7.09. The molecule has 0 radical (unpaired) electrons. The number of hydrogen-bond acceptors (Lipinski definition) is 4. The van der Waals surface area contributed by atoms with Gasteiger partial charge < -0.3 is 10.5 Å². The number of nitrogens with two attached hydrogens (primary N) is 1. The summed E-state index contributed by atoms with van der Waals surface area (Å²) in [5, 5.41) is 3.14. The van der Waals surface area contributed by atoms with Crippen LogP contribution in [-0.2, 0) is 18.6 Å². The minimum atomic E-state index is 0.0867. The third kappa shape index (κ3) is 3.83. The van der Waals surface area contributed by atoms with Gasteiger partial charge in [0.15, 0.2) is 0 Å². The lowest BCUT2D eigenvalue weighted by Gasteiger charge is -2.14. The highest BCUT2D eigenvalue weighted by Crippen LogP contribution is 2.28. The van der Waals surface area contributed by atoms with Crippen LogP contribution < -0.4 is 10.5 Å². The van der Waals surface area contributed by atoms with Crippen LogP contribution >= 0.6 is 11.3 Å². The first-order valence-corrected chi connectivity index (χ1v) is 8.07. The molecule has 0 aliphatic heterocycles. The summed E-state index contributed by atoms with van der Waals surface area (Å²) in [6.45, 7) is 11.7. The monoisotopic (exact) mass is 304 g/mol. The number of thiazole rings is 1. The first-order valence-electron chi connectivity index (χ1n) is 7.19. The largest absolute Gasteiger partial charge is 0.486 e. The van der Waals surface area contributed by atoms with Crippen LogP contribution in [0, 0.1) is 13.8 Å². The lowest BCUT2D eigenvalue weighted by Crippen LogP contribution is -2.11. The molecule has 3 nitrogen and oxygen atoms in total. The van der Waals surface area contributed by atoms with Crippen LogP contribution in [0.3, 0.4) is 0 Å². The number of hydrogen-bond donors (Lipinski definition) is 1. The maximum absolute atomic E-state index is 5.99. The van der Waals surface area contributed by atoms with Gasteiger partial charge in [-0.3, -0.25) is 0 Å². The fourth-order valence-electron chi connectivity index (χ4n) is 2.24. The zero-order valence-corrected chi connectivity index (χ0v) is 14.3. The molecule has 0 amide bonds. The minimum absolute atomic E-state index is 0.0867. The Morgan fingerprint density at radius 3 is 2.29 bits per heavy atom. The van der Waals surface area contributed by atoms with Crippen molar-refractivity contribution in [3.8, 4) is 5.75 Å². The lowest BCUT2D eigenvalue weighted by molar-refractivity contribution is 0.300. The van der Waals surface area contributed by atoms with Crippen molar-refractivity contribution >= 4 is 11.3 Å². The molecule has 0 bridgehead atoms. The molecular weight excluding hydrogens is 280 g/mol. The molecule has 0 spiro atoms. The van der Waals surface area contributed by atoms with Gasteiger partial charge in [-0.25, -0.2) is 4.98 Å². The number of rotatable bonds is 4. The van der Waals surface area contributed by atoms with E-state index in [1.54, 1.807) is 11.3 Å². The molecule has 1 heterocycles. The van der Waals surface area contributed by atoms with Crippen molar-refractivity contribution in [2.45, 2.75) is 53.2 Å². The van der Waals surface area contributed by atoms with E-state index in [1.807, 2.05) is 0 Å². The average Bonchev–Trinajstić information content (AvgIpc) is 2.86. The van der Waals surface area contributed by atoms with Gasteiger partial charge in [0.25, 0.3) is 0 Å². The Bertz CT molecular complexity index is 603. The minimum Gasteiger partial charge on any atom is -0.486 e. The van der Waals surface area contributed by atoms with Crippen LogP contribution in [0.1, 0.15) is 48.2 Å². The Labute approximate surface area is 131 Å². The molecule has 0 unspecified atom stereocenters. The predicted octanol–water partition coefficient (Wildman–Crippen LogP) is 4.10. The first-order chi connectivity index (χ1) is 9.81. The van der Waals surface area contributed by atoms with Crippen molar-refractivity contribution in [1.29, 1.82) is 0 Å². The number of benzene rings is 1. The summed E-state index contributed by atoms with van der Waals surface area (Å²) in [6.07, 6.45) is 0. The number of nitrogens with zero attached hydrogens (tertiary/aromatic N) is 1. The molecule has 4 heteroatoms. The fourth-order valence-corrected chi connectivity index (χ4v) is 3.17. The number of aromatic nitrogens is 1. The maximum Gasteiger partial charge on any atom is 0.140 e. The van der Waals surface area contributed by atoms with Gasteiger partial charge in [0.1, 0.15) is 17.4 Å². The summed E-state index contributed by atoms with van der Waals surface area (Å²) in [5.41, 5.74) is 10.3. The van der Waals surface area contributed by atoms with E-state index in [-0.39, 0.29) is 5.41 Å². The smallest absolute Gasteiger partial charge is 0.140 e. The van der Waals surface area contributed by atoms with Gasteiger partial charge in [-0.1, -0.05) is 32.9 Å². The Morgan fingerprint density at radius 2 is 1.81 bits per heavy atom. The molecule has 2 aromatic rings. The zero-order chi connectivity index (χ0) is 15.6. The standard InChI is InChI=1S/C17H24N2OS/c1-11-6-13(8-18)7-12(2)16(11)20-9-15-19-14(10-21-15)17(3,4)5/h6-7,10H,8-9,18H2,1-5H3. The Morgan fingerprint density at radius 1 is 1.19 bits per heavy atom. The summed E-state index contributed by atoms with van der Waals surface area (Å²) < 4.78 is 5.99. The van der Waals surface area contributed by atoms with Crippen molar-refractivity contribution in [2.75, 3.05) is 0 Å². The molecule has 2 N–H and O–H groups in total. The van der Waals surface area contributed by atoms with Gasteiger partial charge >= 0.3 is 0 Å². The number of aryl methyl sites for hydroxylation is 2. The third-order valence-corrected chi connectivity index (χ3v) is 4.24. The van der Waals surface area contributed by atoms with Crippen LogP contribution in [-0.4, -0.2) is 4.98 Å². The van der Waals surface area contributed by atoms with Gasteiger partial charge in [0, 0.05) is 17.3 Å². The molecule has 114 valence electrons. The molecule has 0 saturated carbocycles. The SMILES string of the molecule is Cc1cc(CN)cc(C)c1OCc1nc(C(C)(C)C)cs1. The van der Waals surface area contributed by atoms with Crippen molar-refractivity contribution in [3.63, 3.8) is 0 Å². The van der Waals surface area contributed by atoms with Gasteiger partial charge in [0.2, 0.25) is 0 Å². The molecule has 0 fully saturated rings. The summed E-state index contributed by atoms with van der Waals surface area (Å²) in [4.78, 5) is 4.66. The van der Waals surface area contributed by atoms with Crippen molar-refractivity contribution in [2.24, 2.45) is 5.73 Å². The Kier molecular flexibility index (Phi) is 4.69. The quantitative estimate of drug-likeness (QED) is 0.925. The third-order valence-electron chi connectivity index (χ3n) is 3.42. The van der Waals surface area contributed by atoms with Crippen LogP contribution in [0.2, 0.25) is 0 Å². The molecule has 0 atom stereocenters. The van der Waals surface area contributed by atoms with Crippen molar-refractivity contribution < 1.29 is 4.74 Å². The lowest BCUT2D eigenvalue weighted by atomic mass is 9.93. The highest BCUT2D eigenvalue weighted by atomic mass is 32.1. The molecule has 0 saturated heterocycles. The van der Waals surface area contributed by atoms with Gasteiger partial charge in [-0.05, 0) is 30.5 Å². The van der Waals surface area contributed by atoms with Gasteiger partial charge in [-0.15, -0.1) is 11.3 Å². The Hall–Kier alpha value is -1.39. The number of ether oxygens (including phenoxy) is 1. The van der Waals surface area contributed by atoms with E-state index >= 15 is 0 Å². The summed E-state index contributed by atoms with van der Waals surface area (Å²) in [7, 11) is 0. The second-order valence-corrected chi connectivity index (χ2v) is 7.37. The second kappa shape index (κ2) is 6.16. The van der Waals surface area contributed by atoms with Gasteiger partial charge in [0.05, 0.1) is 5.69 Å². The van der Waals surface area contributed by atoms with Crippen molar-refractivity contribution in [1.82, 2.24) is 4.98 Å². The summed E-state index contributed by atoms with van der Waals surface area (Å²) in [5.74, 6) is 0.944. The maximum atomic E-state index is 5.99. The van der Waals surface area contributed by atoms with E-state index < -0.39 is 0 Å². The van der Waals surface area contributed by atoms with E-state index in [1.165, 1.54) is 0 Å². The van der Waals surface area contributed by atoms with Crippen molar-refractivity contribution in [3.05, 3.63) is 44.9 Å². The average molecular weight is 304 g/mol. The fraction of sp³-hybridized carbons (Fsp3) is 0.471. The molecular formula is C17H24N2OS. The van der Waals surface area contributed by atoms with E-state index in [0.717, 1.165) is 33.1 Å². The predicted molar refractivity (Wildman–Crippen MR) is 89.0 cm³/mol. The van der Waals surface area contributed by atoms with Crippen LogP contribution in [0.5, 0.6) is 5.75 Å². The molecule has 21 heavy (non-hydrogen) atoms. The van der Waals surface area contributed by atoms with Crippen LogP contribution in [0.25, 0.3) is 0 Å². The summed E-state index contributed by atoms with van der Waals surface area (Å²) >= 11 is 1.66. The van der Waals surface area contributed by atoms with Crippen LogP contribution in [0.15, 0.2) is 17.5 Å². The van der Waals surface area contributed by atoms with E-state index in [0.29, 0.717) is 13.2 Å². The van der Waals surface area contributed by atoms with E-state index in [9.17, 15) is 0 Å². The van der Waals surface area contributed by atoms with E-state index in [4.69, 9.17) is 10.5 Å². The second-order valence-electron chi connectivity index (χ2n) is 6.43. The van der Waals surface area contributed by atoms with Gasteiger partial charge in [-0.2, -0.15) is 0 Å². The molecule has 0 aliphatic carbocycles. The molecule has 1 aromatic carbocycles. The zero-order valence-electron chi connectivity index (χ0n) is 13.5. The Balaban J connectivity index is 2.12. The van der Waals surface area contributed by atoms with E-state index in [2.05, 4.69) is 57.1 Å². The highest BCUT2D eigenvalue weighted by Gasteiger charge is 2.17.